The van der Waals surface area contributed by atoms with E-state index in [0.717, 1.165) is 24.9 Å². The highest BCUT2D eigenvalue weighted by molar-refractivity contribution is 7.20. The molecule has 140 valence electrons. The van der Waals surface area contributed by atoms with E-state index in [1.54, 1.807) is 6.92 Å². The van der Waals surface area contributed by atoms with E-state index < -0.39 is 0 Å². The van der Waals surface area contributed by atoms with Crippen LogP contribution in [0, 0.1) is 13.8 Å². The molecule has 8 heteroatoms. The van der Waals surface area contributed by atoms with Gasteiger partial charge in [0, 0.05) is 24.3 Å². The van der Waals surface area contributed by atoms with Crippen molar-refractivity contribution in [1.29, 1.82) is 0 Å². The van der Waals surface area contributed by atoms with Crippen LogP contribution in [-0.2, 0) is 11.3 Å². The number of fused-ring (bicyclic) bond motifs is 1. The molecule has 3 heterocycles. The molecule has 7 nitrogen and oxygen atoms in total. The van der Waals surface area contributed by atoms with Crippen molar-refractivity contribution >= 4 is 27.3 Å². The first-order valence-electron chi connectivity index (χ1n) is 9.00. The van der Waals surface area contributed by atoms with Crippen molar-refractivity contribution in [3.8, 4) is 0 Å². The van der Waals surface area contributed by atoms with Crippen LogP contribution in [0.4, 0.5) is 5.13 Å². The summed E-state index contributed by atoms with van der Waals surface area (Å²) in [6.45, 7) is 4.83. The van der Waals surface area contributed by atoms with Crippen LogP contribution in [0.25, 0.3) is 4.96 Å². The maximum absolute atomic E-state index is 12.7. The Balaban J connectivity index is 1.56. The summed E-state index contributed by atoms with van der Waals surface area (Å²) < 4.78 is 1.35. The first kappa shape index (κ1) is 17.7. The molecule has 0 saturated carbocycles. The van der Waals surface area contributed by atoms with Crippen molar-refractivity contribution < 1.29 is 4.79 Å². The van der Waals surface area contributed by atoms with E-state index in [2.05, 4.69) is 15.4 Å². The maximum atomic E-state index is 12.7. The third-order valence-electron chi connectivity index (χ3n) is 4.98. The monoisotopic (exact) mass is 383 g/mol. The minimum absolute atomic E-state index is 0.0109. The molecule has 2 aromatic heterocycles. The van der Waals surface area contributed by atoms with Gasteiger partial charge in [0.15, 0.2) is 0 Å². The van der Waals surface area contributed by atoms with E-state index in [-0.39, 0.29) is 17.5 Å². The number of hydrogen-bond acceptors (Lipinski definition) is 6. The van der Waals surface area contributed by atoms with Gasteiger partial charge in [-0.2, -0.15) is 4.52 Å². The van der Waals surface area contributed by atoms with Gasteiger partial charge in [-0.3, -0.25) is 9.59 Å². The third-order valence-corrected chi connectivity index (χ3v) is 5.92. The molecule has 1 aliphatic rings. The standard InChI is InChI=1S/C19H21N5O2S/c1-12-13(2)21-18-24(17(12)26)22-19(27-18)23-10-6-9-15(23)16(25)20-11-14-7-4-3-5-8-14/h3-5,7-8,15H,6,9-11H2,1-2H3,(H,20,25)/t15-/m1/s1. The molecule has 27 heavy (non-hydrogen) atoms. The van der Waals surface area contributed by atoms with Gasteiger partial charge in [-0.25, -0.2) is 4.98 Å². The van der Waals surface area contributed by atoms with Crippen LogP contribution in [-0.4, -0.2) is 33.1 Å². The highest BCUT2D eigenvalue weighted by atomic mass is 32.1. The smallest absolute Gasteiger partial charge is 0.278 e. The summed E-state index contributed by atoms with van der Waals surface area (Å²) in [4.78, 5) is 32.2. The molecule has 0 bridgehead atoms. The van der Waals surface area contributed by atoms with Crippen molar-refractivity contribution in [3.63, 3.8) is 0 Å². The minimum Gasteiger partial charge on any atom is -0.350 e. The van der Waals surface area contributed by atoms with Crippen LogP contribution in [0.1, 0.15) is 29.7 Å². The van der Waals surface area contributed by atoms with E-state index in [1.807, 2.05) is 42.2 Å². The van der Waals surface area contributed by atoms with Crippen LogP contribution < -0.4 is 15.8 Å². The van der Waals surface area contributed by atoms with Crippen LogP contribution in [0.2, 0.25) is 0 Å². The zero-order valence-corrected chi connectivity index (χ0v) is 16.1. The second kappa shape index (κ2) is 7.11. The zero-order chi connectivity index (χ0) is 19.0. The fourth-order valence-electron chi connectivity index (χ4n) is 3.30. The molecule has 4 rings (SSSR count). The summed E-state index contributed by atoms with van der Waals surface area (Å²) in [6, 6.07) is 9.58. The molecule has 1 aromatic carbocycles. The molecule has 1 amide bonds. The van der Waals surface area contributed by atoms with Crippen molar-refractivity contribution in [2.45, 2.75) is 39.3 Å². The van der Waals surface area contributed by atoms with Crippen LogP contribution in [0.5, 0.6) is 0 Å². The van der Waals surface area contributed by atoms with Gasteiger partial charge in [0.1, 0.15) is 6.04 Å². The molecule has 0 radical (unpaired) electrons. The van der Waals surface area contributed by atoms with Gasteiger partial charge in [-0.15, -0.1) is 5.10 Å². The van der Waals surface area contributed by atoms with Gasteiger partial charge in [0.05, 0.1) is 0 Å². The van der Waals surface area contributed by atoms with Gasteiger partial charge < -0.3 is 10.2 Å². The average Bonchev–Trinajstić information content (AvgIpc) is 3.32. The number of nitrogens with one attached hydrogen (secondary N) is 1. The van der Waals surface area contributed by atoms with Gasteiger partial charge >= 0.3 is 0 Å². The molecule has 1 atom stereocenters. The summed E-state index contributed by atoms with van der Waals surface area (Å²) in [5.41, 5.74) is 2.23. The first-order chi connectivity index (χ1) is 13.0. The second-order valence-electron chi connectivity index (χ2n) is 6.76. The number of amides is 1. The predicted octanol–water partition coefficient (Wildman–Crippen LogP) is 2.05. The average molecular weight is 383 g/mol. The molecule has 1 saturated heterocycles. The Bertz CT molecular complexity index is 1040. The van der Waals surface area contributed by atoms with E-state index in [1.165, 1.54) is 15.9 Å². The molecule has 1 N–H and O–H groups in total. The third kappa shape index (κ3) is 3.32. The number of benzene rings is 1. The number of nitrogens with zero attached hydrogens (tertiary/aromatic N) is 4. The van der Waals surface area contributed by atoms with Crippen LogP contribution in [0.15, 0.2) is 35.1 Å². The Morgan fingerprint density at radius 1 is 1.30 bits per heavy atom. The Labute approximate surface area is 160 Å². The van der Waals surface area contributed by atoms with Crippen molar-refractivity contribution in [2.24, 2.45) is 0 Å². The molecule has 1 fully saturated rings. The second-order valence-corrected chi connectivity index (χ2v) is 7.70. The van der Waals surface area contributed by atoms with Crippen LogP contribution >= 0.6 is 11.3 Å². The van der Waals surface area contributed by atoms with Gasteiger partial charge in [0.25, 0.3) is 5.56 Å². The fraction of sp³-hybridized carbons (Fsp3) is 0.368. The number of carbonyl (C=O) groups is 1. The Kier molecular flexibility index (Phi) is 4.65. The molecular formula is C19H21N5O2S. The topological polar surface area (TPSA) is 79.6 Å². The summed E-state index contributed by atoms with van der Waals surface area (Å²) in [5, 5.41) is 8.14. The summed E-state index contributed by atoms with van der Waals surface area (Å²) in [6.07, 6.45) is 1.69. The fourth-order valence-corrected chi connectivity index (χ4v) is 4.32. The lowest BCUT2D eigenvalue weighted by Crippen LogP contribution is -2.43. The molecule has 0 spiro atoms. The summed E-state index contributed by atoms with van der Waals surface area (Å²) >= 11 is 1.35. The predicted molar refractivity (Wildman–Crippen MR) is 105 cm³/mol. The minimum atomic E-state index is -0.271. The molecule has 0 aliphatic carbocycles. The number of aromatic nitrogens is 3. The lowest BCUT2D eigenvalue weighted by molar-refractivity contribution is -0.122. The normalized spacial score (nSPS) is 16.8. The van der Waals surface area contributed by atoms with Gasteiger partial charge in [0.2, 0.25) is 16.0 Å². The Morgan fingerprint density at radius 2 is 2.07 bits per heavy atom. The van der Waals surface area contributed by atoms with Gasteiger partial charge in [-0.05, 0) is 32.3 Å². The van der Waals surface area contributed by atoms with Gasteiger partial charge in [-0.1, -0.05) is 41.7 Å². The lowest BCUT2D eigenvalue weighted by Gasteiger charge is -2.22. The van der Waals surface area contributed by atoms with E-state index in [9.17, 15) is 9.59 Å². The molecule has 3 aromatic rings. The Morgan fingerprint density at radius 3 is 2.85 bits per heavy atom. The van der Waals surface area contributed by atoms with E-state index in [0.29, 0.717) is 27.9 Å². The first-order valence-corrected chi connectivity index (χ1v) is 9.81. The zero-order valence-electron chi connectivity index (χ0n) is 15.3. The van der Waals surface area contributed by atoms with E-state index >= 15 is 0 Å². The lowest BCUT2D eigenvalue weighted by atomic mass is 10.2. The summed E-state index contributed by atoms with van der Waals surface area (Å²) in [5.74, 6) is -0.0109. The number of hydrogen-bond donors (Lipinski definition) is 1. The Hall–Kier alpha value is -2.74. The number of carbonyl (C=O) groups excluding carboxylic acids is 1. The van der Waals surface area contributed by atoms with Crippen LogP contribution in [0.3, 0.4) is 0 Å². The highest BCUT2D eigenvalue weighted by Crippen LogP contribution is 2.29. The molecule has 1 aliphatic heterocycles. The van der Waals surface area contributed by atoms with Crippen molar-refractivity contribution in [3.05, 3.63) is 57.5 Å². The largest absolute Gasteiger partial charge is 0.350 e. The molecule has 0 unspecified atom stereocenters. The SMILES string of the molecule is Cc1nc2sc(N3CCC[C@@H]3C(=O)NCc3ccccc3)nn2c(=O)c1C. The van der Waals surface area contributed by atoms with Crippen molar-refractivity contribution in [1.82, 2.24) is 19.9 Å². The molecular weight excluding hydrogens is 362 g/mol. The van der Waals surface area contributed by atoms with E-state index in [4.69, 9.17) is 0 Å². The maximum Gasteiger partial charge on any atom is 0.278 e. The summed E-state index contributed by atoms with van der Waals surface area (Å²) in [7, 11) is 0. The highest BCUT2D eigenvalue weighted by Gasteiger charge is 2.33. The quantitative estimate of drug-likeness (QED) is 0.746. The number of rotatable bonds is 4. The van der Waals surface area contributed by atoms with Crippen molar-refractivity contribution in [2.75, 3.05) is 11.4 Å². The number of anilines is 1. The number of aryl methyl sites for hydroxylation is 1.